The number of hydrogen-bond acceptors (Lipinski definition) is 5. The van der Waals surface area contributed by atoms with Crippen LogP contribution in [0.1, 0.15) is 37.4 Å². The summed E-state index contributed by atoms with van der Waals surface area (Å²) in [5.41, 5.74) is 5.38. The van der Waals surface area contributed by atoms with E-state index in [9.17, 15) is 4.79 Å². The fourth-order valence-electron chi connectivity index (χ4n) is 2.66. The lowest BCUT2D eigenvalue weighted by Gasteiger charge is -2.31. The highest BCUT2D eigenvalue weighted by Gasteiger charge is 2.29. The zero-order valence-corrected chi connectivity index (χ0v) is 11.8. The summed E-state index contributed by atoms with van der Waals surface area (Å²) in [6, 6.07) is 1.98. The lowest BCUT2D eigenvalue weighted by atomic mass is 9.96. The van der Waals surface area contributed by atoms with Gasteiger partial charge in [0.05, 0.1) is 0 Å². The van der Waals surface area contributed by atoms with E-state index in [1.165, 1.54) is 12.8 Å². The number of carbonyl (C=O) groups is 1. The Morgan fingerprint density at radius 1 is 1.30 bits per heavy atom. The zero-order chi connectivity index (χ0) is 14.1. The van der Waals surface area contributed by atoms with Crippen molar-refractivity contribution < 1.29 is 4.79 Å². The predicted octanol–water partition coefficient (Wildman–Crippen LogP) is 1.10. The monoisotopic (exact) mass is 275 g/mol. The topological polar surface area (TPSA) is 84.1 Å². The number of carbonyl (C=O) groups excluding carboxylic acids is 1. The quantitative estimate of drug-likeness (QED) is 0.859. The molecule has 0 radical (unpaired) electrons. The minimum Gasteiger partial charge on any atom is -0.373 e. The Balaban J connectivity index is 1.76. The molecule has 0 aromatic carbocycles. The van der Waals surface area contributed by atoms with Crippen LogP contribution < -0.4 is 16.0 Å². The molecule has 20 heavy (non-hydrogen) atoms. The third-order valence-electron chi connectivity index (χ3n) is 4.15. The van der Waals surface area contributed by atoms with Crippen LogP contribution in [-0.4, -0.2) is 36.0 Å². The second kappa shape index (κ2) is 5.26. The Morgan fingerprint density at radius 3 is 2.55 bits per heavy atom. The molecule has 1 aliphatic carbocycles. The standard InChI is InChI=1S/C14H21N5O/c1-16-11-8-12(18-14(17-11)10-2-3-10)19-6-4-9(5-7-19)13(15)20/h8-10H,2-7H2,1H3,(H2,15,20)(H,16,17,18). The van der Waals surface area contributed by atoms with E-state index >= 15 is 0 Å². The number of nitrogens with one attached hydrogen (secondary N) is 1. The highest BCUT2D eigenvalue weighted by atomic mass is 16.1. The SMILES string of the molecule is CNc1cc(N2CCC(C(N)=O)CC2)nc(C2CC2)n1. The van der Waals surface area contributed by atoms with Gasteiger partial charge in [-0.2, -0.15) is 0 Å². The van der Waals surface area contributed by atoms with Crippen LogP contribution in [0.25, 0.3) is 0 Å². The molecule has 3 rings (SSSR count). The van der Waals surface area contributed by atoms with Crippen molar-refractivity contribution in [3.8, 4) is 0 Å². The Bertz CT molecular complexity index is 506. The third kappa shape index (κ3) is 2.69. The Kier molecular flexibility index (Phi) is 3.46. The average molecular weight is 275 g/mol. The first-order chi connectivity index (χ1) is 9.67. The summed E-state index contributed by atoms with van der Waals surface area (Å²) in [5, 5.41) is 3.10. The number of hydrogen-bond donors (Lipinski definition) is 2. The second-order valence-electron chi connectivity index (χ2n) is 5.66. The lowest BCUT2D eigenvalue weighted by molar-refractivity contribution is -0.122. The van der Waals surface area contributed by atoms with Gasteiger partial charge in [-0.3, -0.25) is 4.79 Å². The first-order valence-corrected chi connectivity index (χ1v) is 7.28. The number of anilines is 2. The second-order valence-corrected chi connectivity index (χ2v) is 5.66. The fourth-order valence-corrected chi connectivity index (χ4v) is 2.66. The molecule has 1 aliphatic heterocycles. The van der Waals surface area contributed by atoms with E-state index in [0.717, 1.165) is 43.4 Å². The lowest BCUT2D eigenvalue weighted by Crippen LogP contribution is -2.39. The molecular weight excluding hydrogens is 254 g/mol. The first-order valence-electron chi connectivity index (χ1n) is 7.28. The van der Waals surface area contributed by atoms with Gasteiger partial charge in [-0.25, -0.2) is 9.97 Å². The minimum atomic E-state index is -0.179. The molecule has 3 N–H and O–H groups in total. The molecule has 6 nitrogen and oxygen atoms in total. The van der Waals surface area contributed by atoms with E-state index in [1.807, 2.05) is 13.1 Å². The molecule has 0 spiro atoms. The maximum absolute atomic E-state index is 11.2. The van der Waals surface area contributed by atoms with Crippen molar-refractivity contribution in [2.45, 2.75) is 31.6 Å². The number of nitrogens with two attached hydrogens (primary N) is 1. The largest absolute Gasteiger partial charge is 0.373 e. The van der Waals surface area contributed by atoms with Gasteiger partial charge in [-0.1, -0.05) is 0 Å². The van der Waals surface area contributed by atoms with Crippen LogP contribution in [0.3, 0.4) is 0 Å². The summed E-state index contributed by atoms with van der Waals surface area (Å²) >= 11 is 0. The zero-order valence-electron chi connectivity index (χ0n) is 11.8. The Morgan fingerprint density at radius 2 is 2.00 bits per heavy atom. The number of rotatable bonds is 4. The van der Waals surface area contributed by atoms with Crippen LogP contribution in [0.4, 0.5) is 11.6 Å². The minimum absolute atomic E-state index is 0.0137. The van der Waals surface area contributed by atoms with Crippen LogP contribution >= 0.6 is 0 Å². The normalized spacial score (nSPS) is 19.9. The van der Waals surface area contributed by atoms with Gasteiger partial charge in [-0.05, 0) is 25.7 Å². The van der Waals surface area contributed by atoms with E-state index in [-0.39, 0.29) is 11.8 Å². The van der Waals surface area contributed by atoms with Gasteiger partial charge in [0.1, 0.15) is 17.5 Å². The van der Waals surface area contributed by atoms with Crippen molar-refractivity contribution in [2.75, 3.05) is 30.4 Å². The van der Waals surface area contributed by atoms with Gasteiger partial charge in [-0.15, -0.1) is 0 Å². The molecule has 0 bridgehead atoms. The van der Waals surface area contributed by atoms with E-state index in [1.54, 1.807) is 0 Å². The third-order valence-corrected chi connectivity index (χ3v) is 4.15. The highest BCUT2D eigenvalue weighted by Crippen LogP contribution is 2.39. The van der Waals surface area contributed by atoms with Crippen molar-refractivity contribution in [2.24, 2.45) is 11.7 Å². The molecule has 2 aliphatic rings. The molecular formula is C14H21N5O. The summed E-state index contributed by atoms with van der Waals surface area (Å²) in [7, 11) is 1.88. The molecule has 2 heterocycles. The number of amides is 1. The van der Waals surface area contributed by atoms with Crippen LogP contribution in [0, 0.1) is 5.92 Å². The Labute approximate surface area is 118 Å². The number of piperidine rings is 1. The summed E-state index contributed by atoms with van der Waals surface area (Å²) in [5.74, 6) is 3.15. The summed E-state index contributed by atoms with van der Waals surface area (Å²) < 4.78 is 0. The van der Waals surface area contributed by atoms with Gasteiger partial charge in [0, 0.05) is 38.0 Å². The van der Waals surface area contributed by atoms with Gasteiger partial charge in [0.2, 0.25) is 5.91 Å². The van der Waals surface area contributed by atoms with Gasteiger partial charge in [0.15, 0.2) is 0 Å². The molecule has 2 fully saturated rings. The molecule has 108 valence electrons. The van der Waals surface area contributed by atoms with Crippen LogP contribution in [0.5, 0.6) is 0 Å². The molecule has 0 atom stereocenters. The number of aromatic nitrogens is 2. The van der Waals surface area contributed by atoms with Crippen molar-refractivity contribution in [1.82, 2.24) is 9.97 Å². The van der Waals surface area contributed by atoms with Crippen LogP contribution in [0.15, 0.2) is 6.07 Å². The van der Waals surface area contributed by atoms with Crippen molar-refractivity contribution in [3.05, 3.63) is 11.9 Å². The van der Waals surface area contributed by atoms with E-state index < -0.39 is 0 Å². The average Bonchev–Trinajstić information content (AvgIpc) is 3.31. The van der Waals surface area contributed by atoms with E-state index in [0.29, 0.717) is 5.92 Å². The predicted molar refractivity (Wildman–Crippen MR) is 77.7 cm³/mol. The van der Waals surface area contributed by atoms with Crippen molar-refractivity contribution in [3.63, 3.8) is 0 Å². The maximum Gasteiger partial charge on any atom is 0.220 e. The number of nitrogens with zero attached hydrogens (tertiary/aromatic N) is 3. The fraction of sp³-hybridized carbons (Fsp3) is 0.643. The van der Waals surface area contributed by atoms with Crippen molar-refractivity contribution in [1.29, 1.82) is 0 Å². The van der Waals surface area contributed by atoms with E-state index in [2.05, 4.69) is 15.2 Å². The van der Waals surface area contributed by atoms with Crippen molar-refractivity contribution >= 4 is 17.5 Å². The van der Waals surface area contributed by atoms with Crippen LogP contribution in [0.2, 0.25) is 0 Å². The molecule has 1 saturated carbocycles. The molecule has 6 heteroatoms. The molecule has 1 aromatic heterocycles. The summed E-state index contributed by atoms with van der Waals surface area (Å²) in [6.45, 7) is 1.66. The van der Waals surface area contributed by atoms with Gasteiger partial charge >= 0.3 is 0 Å². The first kappa shape index (κ1) is 13.1. The van der Waals surface area contributed by atoms with Crippen LogP contribution in [-0.2, 0) is 4.79 Å². The molecule has 1 amide bonds. The van der Waals surface area contributed by atoms with Gasteiger partial charge < -0.3 is 16.0 Å². The molecule has 1 aromatic rings. The maximum atomic E-state index is 11.2. The summed E-state index contributed by atoms with van der Waals surface area (Å²) in [6.07, 6.45) is 4.01. The molecule has 1 saturated heterocycles. The van der Waals surface area contributed by atoms with Gasteiger partial charge in [0.25, 0.3) is 0 Å². The van der Waals surface area contributed by atoms with E-state index in [4.69, 9.17) is 10.7 Å². The smallest absolute Gasteiger partial charge is 0.220 e. The summed E-state index contributed by atoms with van der Waals surface area (Å²) in [4.78, 5) is 22.7. The highest BCUT2D eigenvalue weighted by molar-refractivity contribution is 5.77. The Hall–Kier alpha value is -1.85. The number of primary amides is 1. The molecule has 0 unspecified atom stereocenters.